The molecule has 9 heteroatoms. The lowest BCUT2D eigenvalue weighted by Gasteiger charge is -2.27. The van der Waals surface area contributed by atoms with Crippen LogP contribution >= 0.6 is 22.6 Å². The third kappa shape index (κ3) is 4.45. The van der Waals surface area contributed by atoms with Crippen LogP contribution in [0.4, 0.5) is 11.4 Å². The van der Waals surface area contributed by atoms with E-state index in [-0.39, 0.29) is 0 Å². The molecule has 8 nitrogen and oxygen atoms in total. The molecule has 0 aliphatic heterocycles. The van der Waals surface area contributed by atoms with Crippen LogP contribution in [-0.4, -0.2) is 30.4 Å². The quantitative estimate of drug-likeness (QED) is 0.179. The molecule has 0 aliphatic rings. The van der Waals surface area contributed by atoms with Gasteiger partial charge < -0.3 is 15.2 Å². The summed E-state index contributed by atoms with van der Waals surface area (Å²) in [7, 11) is 0. The van der Waals surface area contributed by atoms with E-state index in [1.54, 1.807) is 43.2 Å². The fourth-order valence-electron chi connectivity index (χ4n) is 4.69. The summed E-state index contributed by atoms with van der Waals surface area (Å²) in [5.74, 6) is -0.524. The Balaban J connectivity index is 1.59. The number of amides is 1. The second-order valence-electron chi connectivity index (χ2n) is 8.80. The number of hydrogen-bond acceptors (Lipinski definition) is 6. The van der Waals surface area contributed by atoms with Crippen LogP contribution in [0.5, 0.6) is 0 Å². The van der Waals surface area contributed by atoms with Crippen molar-refractivity contribution in [3.63, 3.8) is 0 Å². The Morgan fingerprint density at radius 1 is 0.947 bits per heavy atom. The summed E-state index contributed by atoms with van der Waals surface area (Å²) >= 11 is 2.36. The molecule has 0 atom stereocenters. The SMILES string of the molecule is NC(=O)c1ccncc1N(Cc1cccnc1)c1cc(-c2ccc3ccn(CI)c3c2)c2nccnc2c1. The number of carbonyl (C=O) groups excluding carboxylic acids is 1. The molecule has 38 heavy (non-hydrogen) atoms. The van der Waals surface area contributed by atoms with E-state index in [2.05, 4.69) is 83.6 Å². The first-order valence-corrected chi connectivity index (χ1v) is 13.4. The van der Waals surface area contributed by atoms with E-state index in [1.807, 2.05) is 23.1 Å². The zero-order chi connectivity index (χ0) is 26.1. The van der Waals surface area contributed by atoms with Gasteiger partial charge in [-0.2, -0.15) is 0 Å². The van der Waals surface area contributed by atoms with Crippen molar-refractivity contribution in [2.45, 2.75) is 11.1 Å². The van der Waals surface area contributed by atoms with Crippen LogP contribution < -0.4 is 10.6 Å². The first-order chi connectivity index (χ1) is 18.6. The Labute approximate surface area is 232 Å². The number of primary amides is 1. The maximum atomic E-state index is 12.4. The molecule has 0 aliphatic carbocycles. The second kappa shape index (κ2) is 10.2. The number of fused-ring (bicyclic) bond motifs is 2. The van der Waals surface area contributed by atoms with Crippen LogP contribution in [0.3, 0.4) is 0 Å². The van der Waals surface area contributed by atoms with Crippen molar-refractivity contribution in [1.82, 2.24) is 24.5 Å². The van der Waals surface area contributed by atoms with Gasteiger partial charge in [0.15, 0.2) is 0 Å². The van der Waals surface area contributed by atoms with E-state index in [1.165, 1.54) is 5.39 Å². The average molecular weight is 611 g/mol. The first kappa shape index (κ1) is 24.0. The second-order valence-corrected chi connectivity index (χ2v) is 9.48. The van der Waals surface area contributed by atoms with Gasteiger partial charge in [0.25, 0.3) is 5.91 Å². The van der Waals surface area contributed by atoms with Gasteiger partial charge in [0.1, 0.15) is 0 Å². The monoisotopic (exact) mass is 611 g/mol. The van der Waals surface area contributed by atoms with E-state index in [4.69, 9.17) is 5.73 Å². The van der Waals surface area contributed by atoms with Crippen molar-refractivity contribution >= 4 is 61.8 Å². The number of aromatic nitrogens is 5. The van der Waals surface area contributed by atoms with Gasteiger partial charge in [-0.25, -0.2) is 0 Å². The highest BCUT2D eigenvalue weighted by Gasteiger charge is 2.20. The number of alkyl halides is 1. The fraction of sp³-hybridized carbons (Fsp3) is 0.0690. The molecule has 0 saturated heterocycles. The predicted molar refractivity (Wildman–Crippen MR) is 157 cm³/mol. The minimum absolute atomic E-state index is 0.381. The molecule has 0 radical (unpaired) electrons. The summed E-state index contributed by atoms with van der Waals surface area (Å²) in [4.78, 5) is 32.3. The number of benzene rings is 2. The van der Waals surface area contributed by atoms with Crippen LogP contribution in [-0.2, 0) is 11.1 Å². The van der Waals surface area contributed by atoms with Gasteiger partial charge in [-0.3, -0.25) is 24.7 Å². The van der Waals surface area contributed by atoms with E-state index in [9.17, 15) is 4.79 Å². The molecule has 1 amide bonds. The van der Waals surface area contributed by atoms with Crippen LogP contribution in [0.1, 0.15) is 15.9 Å². The van der Waals surface area contributed by atoms with Crippen LogP contribution in [0.25, 0.3) is 33.1 Å². The Hall–Kier alpha value is -4.38. The first-order valence-electron chi connectivity index (χ1n) is 11.9. The van der Waals surface area contributed by atoms with Gasteiger partial charge in [-0.05, 0) is 52.9 Å². The summed E-state index contributed by atoms with van der Waals surface area (Å²) < 4.78 is 3.06. The smallest absolute Gasteiger partial charge is 0.250 e. The van der Waals surface area contributed by atoms with Crippen molar-refractivity contribution in [3.05, 3.63) is 109 Å². The zero-order valence-electron chi connectivity index (χ0n) is 20.2. The topological polar surface area (TPSA) is 103 Å². The van der Waals surface area contributed by atoms with Gasteiger partial charge >= 0.3 is 0 Å². The van der Waals surface area contributed by atoms with Gasteiger partial charge in [-0.1, -0.05) is 40.8 Å². The number of nitrogens with two attached hydrogens (primary N) is 1. The lowest BCUT2D eigenvalue weighted by molar-refractivity contribution is 0.100. The van der Waals surface area contributed by atoms with Gasteiger partial charge in [0, 0.05) is 60.5 Å². The number of anilines is 2. The molecule has 186 valence electrons. The lowest BCUT2D eigenvalue weighted by Crippen LogP contribution is -2.22. The fourth-order valence-corrected chi connectivity index (χ4v) is 5.29. The number of halogens is 1. The number of nitrogens with zero attached hydrogens (tertiary/aromatic N) is 6. The molecule has 2 aromatic carbocycles. The summed E-state index contributed by atoms with van der Waals surface area (Å²) in [5.41, 5.74) is 13.2. The van der Waals surface area contributed by atoms with Crippen molar-refractivity contribution in [3.8, 4) is 11.1 Å². The van der Waals surface area contributed by atoms with E-state index in [0.717, 1.165) is 43.5 Å². The molecule has 0 saturated carbocycles. The normalized spacial score (nSPS) is 11.2. The molecule has 0 fully saturated rings. The van der Waals surface area contributed by atoms with Crippen molar-refractivity contribution in [1.29, 1.82) is 0 Å². The van der Waals surface area contributed by atoms with Crippen LogP contribution in [0.15, 0.2) is 98.0 Å². The van der Waals surface area contributed by atoms with Gasteiger partial charge in [-0.15, -0.1) is 0 Å². The number of hydrogen-bond donors (Lipinski definition) is 1. The standard InChI is InChI=1S/C29H22IN7O/c30-18-36-11-6-20-3-4-21(12-26(20)36)24-13-22(14-25-28(24)35-10-9-34-25)37(17-19-2-1-7-32-15-19)27-16-33-8-5-23(27)29(31)38/h1-16H,17-18H2,(H2,31,38). The average Bonchev–Trinajstić information content (AvgIpc) is 3.38. The minimum Gasteiger partial charge on any atom is -0.366 e. The zero-order valence-corrected chi connectivity index (χ0v) is 22.4. The highest BCUT2D eigenvalue weighted by molar-refractivity contribution is 14.1. The van der Waals surface area contributed by atoms with Crippen molar-refractivity contribution < 1.29 is 4.79 Å². The summed E-state index contributed by atoms with van der Waals surface area (Å²) in [6, 6.07) is 18.1. The number of carbonyl (C=O) groups is 1. The summed E-state index contributed by atoms with van der Waals surface area (Å²) in [6.07, 6.45) is 12.3. The number of pyridine rings is 2. The van der Waals surface area contributed by atoms with Crippen LogP contribution in [0, 0.1) is 0 Å². The van der Waals surface area contributed by atoms with E-state index in [0.29, 0.717) is 17.8 Å². The molecule has 0 unspecified atom stereocenters. The third-order valence-electron chi connectivity index (χ3n) is 6.50. The van der Waals surface area contributed by atoms with E-state index < -0.39 is 5.91 Å². The molecule has 4 heterocycles. The highest BCUT2D eigenvalue weighted by atomic mass is 127. The molecule has 2 N–H and O–H groups in total. The molecular weight excluding hydrogens is 589 g/mol. The van der Waals surface area contributed by atoms with Crippen molar-refractivity contribution in [2.75, 3.05) is 4.90 Å². The maximum Gasteiger partial charge on any atom is 0.250 e. The van der Waals surface area contributed by atoms with Gasteiger partial charge in [0.05, 0.1) is 33.0 Å². The number of rotatable bonds is 7. The molecular formula is C29H22IN7O. The molecule has 0 bridgehead atoms. The van der Waals surface area contributed by atoms with Gasteiger partial charge in [0.2, 0.25) is 0 Å². The molecule has 4 aromatic heterocycles. The minimum atomic E-state index is -0.524. The molecule has 6 aromatic rings. The van der Waals surface area contributed by atoms with E-state index >= 15 is 0 Å². The molecule has 6 rings (SSSR count). The lowest BCUT2D eigenvalue weighted by atomic mass is 10.0. The highest BCUT2D eigenvalue weighted by Crippen LogP contribution is 2.37. The Kier molecular flexibility index (Phi) is 6.42. The molecule has 0 spiro atoms. The Morgan fingerprint density at radius 3 is 2.63 bits per heavy atom. The summed E-state index contributed by atoms with van der Waals surface area (Å²) in [6.45, 7) is 0.446. The predicted octanol–water partition coefficient (Wildman–Crippen LogP) is 5.87. The Morgan fingerprint density at radius 2 is 1.82 bits per heavy atom. The summed E-state index contributed by atoms with van der Waals surface area (Å²) in [5, 5.41) is 1.18. The van der Waals surface area contributed by atoms with Crippen LogP contribution in [0.2, 0.25) is 0 Å². The maximum absolute atomic E-state index is 12.4. The van der Waals surface area contributed by atoms with Crippen molar-refractivity contribution in [2.24, 2.45) is 5.73 Å². The largest absolute Gasteiger partial charge is 0.366 e. The Bertz CT molecular complexity index is 1790. The third-order valence-corrected chi connectivity index (χ3v) is 7.24.